The summed E-state index contributed by atoms with van der Waals surface area (Å²) in [5.74, 6) is 0.640. The van der Waals surface area contributed by atoms with Gasteiger partial charge in [-0.05, 0) is 50.3 Å². The summed E-state index contributed by atoms with van der Waals surface area (Å²) >= 11 is 0. The number of hydrogen-bond donors (Lipinski definition) is 1. The van der Waals surface area contributed by atoms with Crippen LogP contribution in [0.15, 0.2) is 12.4 Å². The SMILES string of the molecule is CCC(O)(CC)CN1CCC(c2cnn(C)c2)CC1. The first-order valence-corrected chi connectivity index (χ1v) is 7.49. The Morgan fingerprint density at radius 3 is 2.42 bits per heavy atom. The Balaban J connectivity index is 1.85. The molecule has 1 aromatic rings. The summed E-state index contributed by atoms with van der Waals surface area (Å²) in [6, 6.07) is 0. The van der Waals surface area contributed by atoms with Gasteiger partial charge < -0.3 is 10.0 Å². The highest BCUT2D eigenvalue weighted by atomic mass is 16.3. The van der Waals surface area contributed by atoms with Gasteiger partial charge in [-0.3, -0.25) is 4.68 Å². The van der Waals surface area contributed by atoms with Gasteiger partial charge >= 0.3 is 0 Å². The van der Waals surface area contributed by atoms with Crippen LogP contribution in [-0.4, -0.2) is 45.0 Å². The Hall–Kier alpha value is -0.870. The minimum absolute atomic E-state index is 0.499. The van der Waals surface area contributed by atoms with E-state index >= 15 is 0 Å². The molecule has 0 aromatic carbocycles. The number of hydrogen-bond acceptors (Lipinski definition) is 3. The molecule has 1 aromatic heterocycles. The third-order valence-electron chi connectivity index (χ3n) is 4.62. The van der Waals surface area contributed by atoms with E-state index in [0.717, 1.165) is 32.5 Å². The number of rotatable bonds is 5. The third-order valence-corrected chi connectivity index (χ3v) is 4.62. The lowest BCUT2D eigenvalue weighted by molar-refractivity contribution is -0.00905. The molecule has 0 aliphatic carbocycles. The molecule has 2 rings (SSSR count). The smallest absolute Gasteiger partial charge is 0.0768 e. The summed E-state index contributed by atoms with van der Waals surface area (Å²) in [5.41, 5.74) is 0.865. The van der Waals surface area contributed by atoms with Crippen molar-refractivity contribution in [1.29, 1.82) is 0 Å². The van der Waals surface area contributed by atoms with E-state index in [1.165, 1.54) is 18.4 Å². The van der Waals surface area contributed by atoms with E-state index in [4.69, 9.17) is 0 Å². The first-order valence-electron chi connectivity index (χ1n) is 7.49. The number of β-amino-alcohol motifs (C(OH)–C–C–N with tert-alkyl or cyclic N) is 1. The van der Waals surface area contributed by atoms with Crippen molar-refractivity contribution in [2.24, 2.45) is 7.05 Å². The van der Waals surface area contributed by atoms with Crippen LogP contribution in [0.1, 0.15) is 51.0 Å². The number of aryl methyl sites for hydroxylation is 1. The lowest BCUT2D eigenvalue weighted by atomic mass is 9.89. The van der Waals surface area contributed by atoms with E-state index < -0.39 is 5.60 Å². The third kappa shape index (κ3) is 3.57. The quantitative estimate of drug-likeness (QED) is 0.887. The highest BCUT2D eigenvalue weighted by Crippen LogP contribution is 2.29. The van der Waals surface area contributed by atoms with Gasteiger partial charge in [0.05, 0.1) is 11.8 Å². The number of likely N-dealkylation sites (tertiary alicyclic amines) is 1. The Bertz CT molecular complexity index is 390. The zero-order valence-corrected chi connectivity index (χ0v) is 12.5. The van der Waals surface area contributed by atoms with E-state index in [1.54, 1.807) is 0 Å². The van der Waals surface area contributed by atoms with Gasteiger partial charge in [0, 0.05) is 19.8 Å². The lowest BCUT2D eigenvalue weighted by Gasteiger charge is -2.37. The monoisotopic (exact) mass is 265 g/mol. The van der Waals surface area contributed by atoms with E-state index in [9.17, 15) is 5.11 Å². The predicted octanol–water partition coefficient (Wildman–Crippen LogP) is 2.15. The molecule has 1 aliphatic rings. The average Bonchev–Trinajstić information content (AvgIpc) is 2.86. The highest BCUT2D eigenvalue weighted by molar-refractivity contribution is 5.12. The zero-order valence-electron chi connectivity index (χ0n) is 12.5. The molecule has 1 fully saturated rings. The zero-order chi connectivity index (χ0) is 13.9. The largest absolute Gasteiger partial charge is 0.389 e. The second-order valence-electron chi connectivity index (χ2n) is 5.93. The first kappa shape index (κ1) is 14.5. The number of aromatic nitrogens is 2. The molecule has 1 saturated heterocycles. The topological polar surface area (TPSA) is 41.3 Å². The van der Waals surface area contributed by atoms with Crippen LogP contribution in [0.2, 0.25) is 0 Å². The van der Waals surface area contributed by atoms with Crippen LogP contribution in [0.3, 0.4) is 0 Å². The van der Waals surface area contributed by atoms with Crippen molar-refractivity contribution < 1.29 is 5.11 Å². The first-order chi connectivity index (χ1) is 9.06. The van der Waals surface area contributed by atoms with Crippen LogP contribution >= 0.6 is 0 Å². The molecule has 1 aliphatic heterocycles. The van der Waals surface area contributed by atoms with Crippen LogP contribution in [0.5, 0.6) is 0 Å². The van der Waals surface area contributed by atoms with Gasteiger partial charge in [-0.1, -0.05) is 13.8 Å². The second-order valence-corrected chi connectivity index (χ2v) is 5.93. The summed E-state index contributed by atoms with van der Waals surface area (Å²) < 4.78 is 1.88. The van der Waals surface area contributed by atoms with E-state index in [2.05, 4.69) is 30.0 Å². The fourth-order valence-electron chi connectivity index (χ4n) is 2.97. The maximum absolute atomic E-state index is 10.4. The van der Waals surface area contributed by atoms with Crippen molar-refractivity contribution >= 4 is 0 Å². The van der Waals surface area contributed by atoms with Crippen LogP contribution in [0, 0.1) is 0 Å². The Kier molecular flexibility index (Phi) is 4.63. The summed E-state index contributed by atoms with van der Waals surface area (Å²) in [6.45, 7) is 7.14. The minimum atomic E-state index is -0.499. The highest BCUT2D eigenvalue weighted by Gasteiger charge is 2.28. The Morgan fingerprint density at radius 1 is 1.32 bits per heavy atom. The van der Waals surface area contributed by atoms with Gasteiger partial charge in [-0.2, -0.15) is 5.10 Å². The lowest BCUT2D eigenvalue weighted by Crippen LogP contribution is -2.45. The van der Waals surface area contributed by atoms with Crippen molar-refractivity contribution in [2.45, 2.75) is 51.0 Å². The number of piperidine rings is 1. The van der Waals surface area contributed by atoms with Crippen LogP contribution in [0.4, 0.5) is 0 Å². The number of aliphatic hydroxyl groups is 1. The van der Waals surface area contributed by atoms with E-state index in [1.807, 2.05) is 17.9 Å². The normalized spacial score (nSPS) is 18.9. The molecule has 108 valence electrons. The maximum atomic E-state index is 10.4. The molecule has 0 spiro atoms. The predicted molar refractivity (Wildman–Crippen MR) is 77.2 cm³/mol. The van der Waals surface area contributed by atoms with Gasteiger partial charge in [0.2, 0.25) is 0 Å². The molecule has 2 heterocycles. The van der Waals surface area contributed by atoms with Crippen molar-refractivity contribution in [3.63, 3.8) is 0 Å². The van der Waals surface area contributed by atoms with Gasteiger partial charge in [0.15, 0.2) is 0 Å². The molecule has 0 atom stereocenters. The average molecular weight is 265 g/mol. The molecular formula is C15H27N3O. The van der Waals surface area contributed by atoms with Crippen LogP contribution in [-0.2, 0) is 7.05 Å². The molecule has 0 bridgehead atoms. The molecule has 0 unspecified atom stereocenters. The van der Waals surface area contributed by atoms with Gasteiger partial charge in [-0.25, -0.2) is 0 Å². The molecule has 4 heteroatoms. The van der Waals surface area contributed by atoms with Crippen LogP contribution < -0.4 is 0 Å². The van der Waals surface area contributed by atoms with Crippen molar-refractivity contribution in [2.75, 3.05) is 19.6 Å². The van der Waals surface area contributed by atoms with Crippen molar-refractivity contribution in [3.8, 4) is 0 Å². The summed E-state index contributed by atoms with van der Waals surface area (Å²) in [5, 5.41) is 14.7. The standard InChI is InChI=1S/C15H27N3O/c1-4-15(19,5-2)12-18-8-6-13(7-9-18)14-10-16-17(3)11-14/h10-11,13,19H,4-9,12H2,1-3H3. The molecule has 1 N–H and O–H groups in total. The molecular weight excluding hydrogens is 238 g/mol. The molecule has 0 amide bonds. The second kappa shape index (κ2) is 6.06. The Labute approximate surface area is 116 Å². The molecule has 19 heavy (non-hydrogen) atoms. The van der Waals surface area contributed by atoms with Crippen LogP contribution in [0.25, 0.3) is 0 Å². The van der Waals surface area contributed by atoms with Crippen molar-refractivity contribution in [3.05, 3.63) is 18.0 Å². The van der Waals surface area contributed by atoms with Crippen molar-refractivity contribution in [1.82, 2.24) is 14.7 Å². The summed E-state index contributed by atoms with van der Waals surface area (Å²) in [7, 11) is 1.97. The maximum Gasteiger partial charge on any atom is 0.0768 e. The van der Waals surface area contributed by atoms with E-state index in [0.29, 0.717) is 5.92 Å². The fraction of sp³-hybridized carbons (Fsp3) is 0.800. The molecule has 0 saturated carbocycles. The molecule has 0 radical (unpaired) electrons. The van der Waals surface area contributed by atoms with Gasteiger partial charge in [0.25, 0.3) is 0 Å². The van der Waals surface area contributed by atoms with Gasteiger partial charge in [0.1, 0.15) is 0 Å². The summed E-state index contributed by atoms with van der Waals surface area (Å²) in [4.78, 5) is 2.42. The molecule has 4 nitrogen and oxygen atoms in total. The van der Waals surface area contributed by atoms with Gasteiger partial charge in [-0.15, -0.1) is 0 Å². The minimum Gasteiger partial charge on any atom is -0.389 e. The summed E-state index contributed by atoms with van der Waals surface area (Å²) in [6.07, 6.45) is 8.16. The van der Waals surface area contributed by atoms with E-state index in [-0.39, 0.29) is 0 Å². The number of nitrogens with zero attached hydrogens (tertiary/aromatic N) is 3. The fourth-order valence-corrected chi connectivity index (χ4v) is 2.97. The Morgan fingerprint density at radius 2 is 1.95 bits per heavy atom.